The molecule has 12 heteroatoms. The minimum atomic E-state index is -1.28. The number of halogens is 2. The first-order valence-electron chi connectivity index (χ1n) is 17.8. The molecule has 1 saturated heterocycles. The second kappa shape index (κ2) is 16.7. The summed E-state index contributed by atoms with van der Waals surface area (Å²) in [5.74, 6) is -0.279. The van der Waals surface area contributed by atoms with E-state index in [4.69, 9.17) is 37.8 Å². The molecular formula is C40H45Cl2N3O7. The number of carbonyl (C=O) groups is 3. The number of aliphatic carboxylic acids is 1. The van der Waals surface area contributed by atoms with Gasteiger partial charge in [-0.05, 0) is 97.7 Å². The fourth-order valence-electron chi connectivity index (χ4n) is 7.04. The van der Waals surface area contributed by atoms with Crippen LogP contribution >= 0.6 is 23.2 Å². The van der Waals surface area contributed by atoms with Crippen molar-refractivity contribution in [1.82, 2.24) is 15.1 Å². The van der Waals surface area contributed by atoms with Crippen molar-refractivity contribution in [2.75, 3.05) is 32.8 Å². The van der Waals surface area contributed by atoms with E-state index in [0.717, 1.165) is 40.7 Å². The van der Waals surface area contributed by atoms with Crippen LogP contribution < -0.4 is 14.8 Å². The van der Waals surface area contributed by atoms with Crippen LogP contribution in [-0.4, -0.2) is 94.9 Å². The maximum Gasteiger partial charge on any atom is 0.305 e. The summed E-state index contributed by atoms with van der Waals surface area (Å²) in [6, 6.07) is 18.8. The van der Waals surface area contributed by atoms with Gasteiger partial charge in [0.2, 0.25) is 5.91 Å². The number of carboxylic acid groups (broad SMARTS) is 1. The number of nitrogens with one attached hydrogen (secondary N) is 1. The quantitative estimate of drug-likeness (QED) is 0.165. The van der Waals surface area contributed by atoms with Crippen LogP contribution in [0.3, 0.4) is 0 Å². The van der Waals surface area contributed by atoms with Gasteiger partial charge in [-0.2, -0.15) is 0 Å². The van der Waals surface area contributed by atoms with Crippen LogP contribution in [0.15, 0.2) is 66.2 Å². The third-order valence-corrected chi connectivity index (χ3v) is 10.7. The molecule has 3 aromatic rings. The zero-order valence-electron chi connectivity index (χ0n) is 29.4. The normalized spacial score (nSPS) is 18.9. The lowest BCUT2D eigenvalue weighted by Crippen LogP contribution is -2.62. The SMILES string of the molecule is Cc1cc(Cl)c(OCCOc2ccc(C3=C(C(=O)N(CCc4ccccc4Cl)C4CC4)[C@H]4CN(C(=O)C[C@@H](O)CC(=O)O)C[C@@H](C3)N4)cc2)cc1C. The van der Waals surface area contributed by atoms with Gasteiger partial charge in [0.25, 0.3) is 5.91 Å². The van der Waals surface area contributed by atoms with E-state index in [9.17, 15) is 19.5 Å². The molecule has 2 amide bonds. The second-order valence-corrected chi connectivity index (χ2v) is 14.7. The van der Waals surface area contributed by atoms with E-state index in [0.29, 0.717) is 66.3 Å². The number of aliphatic hydroxyl groups is 1. The van der Waals surface area contributed by atoms with Gasteiger partial charge in [0.1, 0.15) is 24.7 Å². The standard InChI is InChI=1S/C40H45Cl2N3O7/c1-24-17-34(42)36(18-25(24)2)52-16-15-51-31-11-7-26(8-12-31)32-19-28-22-44(37(47)20-30(46)21-38(48)49)23-35(43-28)39(32)40(50)45(29-9-10-29)14-13-27-5-3-4-6-33(27)41/h3-8,11-12,17-18,28-30,35,43,46H,9-10,13-16,19-23H2,1-2H3,(H,48,49)/t28-,30-,35-/m1/s1. The Morgan fingerprint density at radius 1 is 0.942 bits per heavy atom. The summed E-state index contributed by atoms with van der Waals surface area (Å²) in [5, 5.41) is 24.1. The summed E-state index contributed by atoms with van der Waals surface area (Å²) in [6.45, 7) is 5.76. The molecule has 3 aromatic carbocycles. The van der Waals surface area contributed by atoms with Gasteiger partial charge in [-0.25, -0.2) is 0 Å². The number of aryl methyl sites for hydroxylation is 2. The maximum absolute atomic E-state index is 14.7. The average Bonchev–Trinajstić information content (AvgIpc) is 3.94. The van der Waals surface area contributed by atoms with Crippen molar-refractivity contribution in [1.29, 1.82) is 0 Å². The van der Waals surface area contributed by atoms with Gasteiger partial charge in [0.05, 0.1) is 30.0 Å². The van der Waals surface area contributed by atoms with Gasteiger partial charge >= 0.3 is 5.97 Å². The number of carbonyl (C=O) groups excluding carboxylic acids is 2. The Kier molecular flexibility index (Phi) is 12.1. The fourth-order valence-corrected chi connectivity index (χ4v) is 7.54. The Bertz CT molecular complexity index is 1830. The van der Waals surface area contributed by atoms with Gasteiger partial charge in [-0.1, -0.05) is 53.5 Å². The molecule has 1 saturated carbocycles. The van der Waals surface area contributed by atoms with Crippen LogP contribution in [0.4, 0.5) is 0 Å². The van der Waals surface area contributed by atoms with Crippen LogP contribution in [0.5, 0.6) is 11.5 Å². The van der Waals surface area contributed by atoms with E-state index in [2.05, 4.69) is 5.32 Å². The van der Waals surface area contributed by atoms with E-state index in [1.54, 1.807) is 4.90 Å². The van der Waals surface area contributed by atoms with Crippen LogP contribution in [0.1, 0.15) is 54.4 Å². The van der Waals surface area contributed by atoms with Crippen LogP contribution in [0.2, 0.25) is 10.0 Å². The van der Waals surface area contributed by atoms with Crippen molar-refractivity contribution in [3.63, 3.8) is 0 Å². The van der Waals surface area contributed by atoms with E-state index < -0.39 is 24.5 Å². The zero-order valence-corrected chi connectivity index (χ0v) is 31.0. The number of nitrogens with zero attached hydrogens (tertiary/aromatic N) is 2. The van der Waals surface area contributed by atoms with Crippen LogP contribution in [-0.2, 0) is 20.8 Å². The Morgan fingerprint density at radius 2 is 1.65 bits per heavy atom. The lowest BCUT2D eigenvalue weighted by molar-refractivity contribution is -0.141. The number of piperazine rings is 1. The molecule has 276 valence electrons. The summed E-state index contributed by atoms with van der Waals surface area (Å²) >= 11 is 12.8. The fraction of sp³-hybridized carbons (Fsp3) is 0.425. The first kappa shape index (κ1) is 37.7. The number of hydrogen-bond donors (Lipinski definition) is 3. The Morgan fingerprint density at radius 3 is 2.37 bits per heavy atom. The highest BCUT2D eigenvalue weighted by Crippen LogP contribution is 2.38. The minimum Gasteiger partial charge on any atom is -0.490 e. The maximum atomic E-state index is 14.7. The summed E-state index contributed by atoms with van der Waals surface area (Å²) < 4.78 is 11.9. The predicted octanol–water partition coefficient (Wildman–Crippen LogP) is 5.85. The Labute approximate surface area is 314 Å². The van der Waals surface area contributed by atoms with E-state index >= 15 is 0 Å². The first-order chi connectivity index (χ1) is 25.0. The van der Waals surface area contributed by atoms with Gasteiger partial charge < -0.3 is 34.8 Å². The molecule has 2 aliphatic heterocycles. The van der Waals surface area contributed by atoms with Gasteiger partial charge in [-0.3, -0.25) is 14.4 Å². The monoisotopic (exact) mass is 749 g/mol. The summed E-state index contributed by atoms with van der Waals surface area (Å²) in [7, 11) is 0. The Hall–Kier alpha value is -4.09. The molecule has 0 spiro atoms. The summed E-state index contributed by atoms with van der Waals surface area (Å²) in [5.41, 5.74) is 5.63. The van der Waals surface area contributed by atoms with E-state index in [1.165, 1.54) is 0 Å². The zero-order chi connectivity index (χ0) is 36.9. The highest BCUT2D eigenvalue weighted by molar-refractivity contribution is 6.32. The number of fused-ring (bicyclic) bond motifs is 2. The lowest BCUT2D eigenvalue weighted by atomic mass is 9.82. The van der Waals surface area contributed by atoms with Gasteiger partial charge in [0.15, 0.2) is 0 Å². The van der Waals surface area contributed by atoms with E-state index in [-0.39, 0.29) is 36.9 Å². The predicted molar refractivity (Wildman–Crippen MR) is 200 cm³/mol. The molecule has 3 aliphatic rings. The van der Waals surface area contributed by atoms with Crippen molar-refractivity contribution in [2.45, 2.75) is 76.6 Å². The minimum absolute atomic E-state index is 0.0665. The van der Waals surface area contributed by atoms with Gasteiger partial charge in [-0.15, -0.1) is 0 Å². The summed E-state index contributed by atoms with van der Waals surface area (Å²) in [6.07, 6.45) is 0.897. The van der Waals surface area contributed by atoms with Crippen molar-refractivity contribution in [2.24, 2.45) is 0 Å². The van der Waals surface area contributed by atoms with Crippen LogP contribution in [0, 0.1) is 13.8 Å². The molecule has 6 rings (SSSR count). The molecule has 2 heterocycles. The molecule has 0 aromatic heterocycles. The molecule has 0 unspecified atom stereocenters. The third kappa shape index (κ3) is 9.28. The molecule has 2 fully saturated rings. The lowest BCUT2D eigenvalue weighted by Gasteiger charge is -2.45. The number of aliphatic hydroxyl groups excluding tert-OH is 1. The smallest absolute Gasteiger partial charge is 0.305 e. The van der Waals surface area contributed by atoms with Gasteiger partial charge in [0, 0.05) is 42.3 Å². The molecule has 52 heavy (non-hydrogen) atoms. The molecule has 3 N–H and O–H groups in total. The van der Waals surface area contributed by atoms with Crippen molar-refractivity contribution < 1.29 is 34.1 Å². The molecule has 3 atom stereocenters. The molecule has 1 aliphatic carbocycles. The molecule has 10 nitrogen and oxygen atoms in total. The number of ether oxygens (including phenoxy) is 2. The Balaban J connectivity index is 1.21. The largest absolute Gasteiger partial charge is 0.490 e. The number of hydrogen-bond acceptors (Lipinski definition) is 7. The summed E-state index contributed by atoms with van der Waals surface area (Å²) in [4.78, 5) is 42.7. The highest BCUT2D eigenvalue weighted by atomic mass is 35.5. The number of rotatable bonds is 15. The number of amides is 2. The molecule has 2 bridgehead atoms. The van der Waals surface area contributed by atoms with Crippen LogP contribution in [0.25, 0.3) is 5.57 Å². The topological polar surface area (TPSA) is 129 Å². The van der Waals surface area contributed by atoms with E-state index in [1.807, 2.05) is 79.4 Å². The van der Waals surface area contributed by atoms with Crippen molar-refractivity contribution in [3.05, 3.63) is 98.5 Å². The highest BCUT2D eigenvalue weighted by Gasteiger charge is 2.43. The molecular weight excluding hydrogens is 705 g/mol. The first-order valence-corrected chi connectivity index (χ1v) is 18.6. The van der Waals surface area contributed by atoms with Crippen molar-refractivity contribution >= 4 is 46.6 Å². The average molecular weight is 751 g/mol. The number of carboxylic acids is 1. The van der Waals surface area contributed by atoms with Crippen molar-refractivity contribution in [3.8, 4) is 11.5 Å². The third-order valence-electron chi connectivity index (χ3n) is 10.00. The molecule has 0 radical (unpaired) electrons. The second-order valence-electron chi connectivity index (χ2n) is 13.9. The number of benzene rings is 3.